The molecule has 6 heteroatoms. The van der Waals surface area contributed by atoms with E-state index in [1.165, 1.54) is 0 Å². The standard InChI is InChI=1S/C17H22O6/c1-10(2)22-12-6-7-13(16(8-12)23-11(3)4)14(18)9-15(19)17(20)21-5/h6-11,18H,1-5H3/b14-9-. The van der Waals surface area contributed by atoms with E-state index >= 15 is 0 Å². The molecule has 6 nitrogen and oxygen atoms in total. The third kappa shape index (κ3) is 5.65. The molecule has 1 rings (SSSR count). The quantitative estimate of drug-likeness (QED) is 0.360. The topological polar surface area (TPSA) is 82.1 Å². The fourth-order valence-corrected chi connectivity index (χ4v) is 1.77. The Morgan fingerprint density at radius 3 is 2.22 bits per heavy atom. The predicted molar refractivity (Wildman–Crippen MR) is 85.6 cm³/mol. The molecule has 0 unspecified atom stereocenters. The van der Waals surface area contributed by atoms with Crippen LogP contribution in [-0.2, 0) is 14.3 Å². The van der Waals surface area contributed by atoms with Crippen LogP contribution in [-0.4, -0.2) is 36.2 Å². The van der Waals surface area contributed by atoms with Gasteiger partial charge in [-0.05, 0) is 39.8 Å². The van der Waals surface area contributed by atoms with Crippen molar-refractivity contribution in [3.05, 3.63) is 29.8 Å². The van der Waals surface area contributed by atoms with Crippen LogP contribution < -0.4 is 9.47 Å². The summed E-state index contributed by atoms with van der Waals surface area (Å²) in [5, 5.41) is 10.1. The first-order valence-electron chi connectivity index (χ1n) is 7.25. The molecular weight excluding hydrogens is 300 g/mol. The SMILES string of the molecule is COC(=O)C(=O)/C=C(\O)c1ccc(OC(C)C)cc1OC(C)C. The first kappa shape index (κ1) is 18.5. The lowest BCUT2D eigenvalue weighted by molar-refractivity contribution is -0.149. The zero-order chi connectivity index (χ0) is 17.6. The van der Waals surface area contributed by atoms with Gasteiger partial charge in [-0.2, -0.15) is 0 Å². The van der Waals surface area contributed by atoms with Gasteiger partial charge in [0.15, 0.2) is 0 Å². The van der Waals surface area contributed by atoms with Gasteiger partial charge < -0.3 is 19.3 Å². The summed E-state index contributed by atoms with van der Waals surface area (Å²) < 4.78 is 15.5. The Hall–Kier alpha value is -2.50. The molecule has 0 aliphatic rings. The van der Waals surface area contributed by atoms with Gasteiger partial charge in [-0.25, -0.2) is 4.79 Å². The van der Waals surface area contributed by atoms with Crippen molar-refractivity contribution in [1.29, 1.82) is 0 Å². The van der Waals surface area contributed by atoms with Crippen LogP contribution in [0.25, 0.3) is 5.76 Å². The summed E-state index contributed by atoms with van der Waals surface area (Å²) in [6.45, 7) is 7.45. The van der Waals surface area contributed by atoms with Gasteiger partial charge in [0.25, 0.3) is 5.78 Å². The van der Waals surface area contributed by atoms with Crippen LogP contribution in [0.1, 0.15) is 33.3 Å². The summed E-state index contributed by atoms with van der Waals surface area (Å²) in [6.07, 6.45) is 0.641. The summed E-state index contributed by atoms with van der Waals surface area (Å²) >= 11 is 0. The molecule has 0 aliphatic carbocycles. The third-order valence-corrected chi connectivity index (χ3v) is 2.62. The van der Waals surface area contributed by atoms with E-state index in [9.17, 15) is 14.7 Å². The lowest BCUT2D eigenvalue weighted by atomic mass is 10.1. The van der Waals surface area contributed by atoms with E-state index in [-0.39, 0.29) is 23.5 Å². The van der Waals surface area contributed by atoms with Gasteiger partial charge in [-0.15, -0.1) is 0 Å². The Morgan fingerprint density at radius 1 is 1.09 bits per heavy atom. The van der Waals surface area contributed by atoms with Crippen LogP contribution in [0.15, 0.2) is 24.3 Å². The molecule has 0 amide bonds. The molecule has 1 aromatic rings. The second-order valence-electron chi connectivity index (χ2n) is 5.38. The number of hydrogen-bond acceptors (Lipinski definition) is 6. The van der Waals surface area contributed by atoms with Crippen molar-refractivity contribution < 1.29 is 28.9 Å². The van der Waals surface area contributed by atoms with Gasteiger partial charge in [0, 0.05) is 12.1 Å². The number of aliphatic hydroxyl groups is 1. The normalized spacial score (nSPS) is 11.5. The van der Waals surface area contributed by atoms with Crippen LogP contribution in [0.4, 0.5) is 0 Å². The highest BCUT2D eigenvalue weighted by molar-refractivity contribution is 6.39. The highest BCUT2D eigenvalue weighted by atomic mass is 16.5. The van der Waals surface area contributed by atoms with Crippen molar-refractivity contribution in [3.8, 4) is 11.5 Å². The van der Waals surface area contributed by atoms with E-state index < -0.39 is 11.8 Å². The van der Waals surface area contributed by atoms with Gasteiger partial charge in [0.05, 0.1) is 24.9 Å². The average Bonchev–Trinajstić information content (AvgIpc) is 2.45. The number of hydrogen-bond donors (Lipinski definition) is 1. The second-order valence-corrected chi connectivity index (χ2v) is 5.38. The maximum atomic E-state index is 11.5. The van der Waals surface area contributed by atoms with Crippen molar-refractivity contribution in [3.63, 3.8) is 0 Å². The Balaban J connectivity index is 3.20. The van der Waals surface area contributed by atoms with Crippen molar-refractivity contribution in [2.24, 2.45) is 0 Å². The summed E-state index contributed by atoms with van der Waals surface area (Å²) in [5.74, 6) is -1.46. The van der Waals surface area contributed by atoms with Gasteiger partial charge >= 0.3 is 5.97 Å². The molecular formula is C17H22O6. The van der Waals surface area contributed by atoms with E-state index in [0.717, 1.165) is 13.2 Å². The first-order valence-corrected chi connectivity index (χ1v) is 7.25. The number of ketones is 1. The minimum atomic E-state index is -1.05. The fourth-order valence-electron chi connectivity index (χ4n) is 1.77. The maximum absolute atomic E-state index is 11.5. The molecule has 1 aromatic carbocycles. The van der Waals surface area contributed by atoms with Gasteiger partial charge in [-0.3, -0.25) is 4.79 Å². The molecule has 0 atom stereocenters. The van der Waals surface area contributed by atoms with E-state index in [1.807, 2.05) is 27.7 Å². The molecule has 0 heterocycles. The summed E-state index contributed by atoms with van der Waals surface area (Å²) in [4.78, 5) is 22.7. The smallest absolute Gasteiger partial charge is 0.378 e. The zero-order valence-electron chi connectivity index (χ0n) is 14.0. The molecule has 0 aliphatic heterocycles. The monoisotopic (exact) mass is 322 g/mol. The fraction of sp³-hybridized carbons (Fsp3) is 0.412. The van der Waals surface area contributed by atoms with Crippen LogP contribution in [0.2, 0.25) is 0 Å². The first-order chi connectivity index (χ1) is 10.7. The van der Waals surface area contributed by atoms with Crippen molar-refractivity contribution in [1.82, 2.24) is 0 Å². The van der Waals surface area contributed by atoms with Crippen molar-refractivity contribution in [2.45, 2.75) is 39.9 Å². The summed E-state index contributed by atoms with van der Waals surface area (Å²) in [5.41, 5.74) is 0.284. The Bertz CT molecular complexity index is 601. The molecule has 0 fully saturated rings. The number of esters is 1. The number of carbonyl (C=O) groups excluding carboxylic acids is 2. The molecule has 0 saturated carbocycles. The number of ether oxygens (including phenoxy) is 3. The zero-order valence-corrected chi connectivity index (χ0v) is 14.0. The third-order valence-electron chi connectivity index (χ3n) is 2.62. The van der Waals surface area contributed by atoms with Gasteiger partial charge in [0.2, 0.25) is 0 Å². The minimum Gasteiger partial charge on any atom is -0.507 e. The average molecular weight is 322 g/mol. The maximum Gasteiger partial charge on any atom is 0.378 e. The Kier molecular flexibility index (Phi) is 6.63. The molecule has 0 radical (unpaired) electrons. The van der Waals surface area contributed by atoms with Crippen LogP contribution >= 0.6 is 0 Å². The lowest BCUT2D eigenvalue weighted by Crippen LogP contribution is -2.13. The minimum absolute atomic E-state index is 0.0159. The van der Waals surface area contributed by atoms with Crippen molar-refractivity contribution in [2.75, 3.05) is 7.11 Å². The summed E-state index contributed by atoms with van der Waals surface area (Å²) in [6, 6.07) is 4.84. The van der Waals surface area contributed by atoms with Crippen molar-refractivity contribution >= 4 is 17.5 Å². The molecule has 23 heavy (non-hydrogen) atoms. The van der Waals surface area contributed by atoms with E-state index in [2.05, 4.69) is 4.74 Å². The highest BCUT2D eigenvalue weighted by Crippen LogP contribution is 2.30. The number of benzene rings is 1. The van der Waals surface area contributed by atoms with Crippen LogP contribution in [0.5, 0.6) is 11.5 Å². The predicted octanol–water partition coefficient (Wildman–Crippen LogP) is 2.90. The van der Waals surface area contributed by atoms with Gasteiger partial charge in [-0.1, -0.05) is 0 Å². The highest BCUT2D eigenvalue weighted by Gasteiger charge is 2.17. The molecule has 0 aromatic heterocycles. The van der Waals surface area contributed by atoms with E-state index in [4.69, 9.17) is 9.47 Å². The Morgan fingerprint density at radius 2 is 1.70 bits per heavy atom. The van der Waals surface area contributed by atoms with Gasteiger partial charge in [0.1, 0.15) is 17.3 Å². The van der Waals surface area contributed by atoms with E-state index in [1.54, 1.807) is 18.2 Å². The Labute approximate surface area is 135 Å². The van der Waals surface area contributed by atoms with Crippen LogP contribution in [0.3, 0.4) is 0 Å². The summed E-state index contributed by atoms with van der Waals surface area (Å²) in [7, 11) is 1.09. The number of methoxy groups -OCH3 is 1. The second kappa shape index (κ2) is 8.22. The molecule has 1 N–H and O–H groups in total. The molecule has 126 valence electrons. The molecule has 0 saturated heterocycles. The van der Waals surface area contributed by atoms with Crippen LogP contribution in [0, 0.1) is 0 Å². The number of carbonyl (C=O) groups is 2. The lowest BCUT2D eigenvalue weighted by Gasteiger charge is -2.16. The van der Waals surface area contributed by atoms with E-state index in [0.29, 0.717) is 11.5 Å². The molecule has 0 bridgehead atoms. The largest absolute Gasteiger partial charge is 0.507 e. The number of rotatable bonds is 7. The number of aliphatic hydroxyl groups excluding tert-OH is 1. The molecule has 0 spiro atoms.